The first-order valence-electron chi connectivity index (χ1n) is 5.13. The summed E-state index contributed by atoms with van der Waals surface area (Å²) in [4.78, 5) is 15.1. The first kappa shape index (κ1) is 11.6. The molecule has 0 fully saturated rings. The average molecular weight is 235 g/mol. The lowest BCUT2D eigenvalue weighted by Gasteiger charge is -2.17. The molecule has 0 aliphatic heterocycles. The topological polar surface area (TPSA) is 72.6 Å². The smallest absolute Gasteiger partial charge is 0.335 e. The predicted octanol–water partition coefficient (Wildman–Crippen LogP) is 2.41. The van der Waals surface area contributed by atoms with E-state index in [9.17, 15) is 4.79 Å². The fourth-order valence-electron chi connectivity index (χ4n) is 1.40. The zero-order valence-corrected chi connectivity index (χ0v) is 9.85. The average Bonchev–Trinajstić information content (AvgIpc) is 2.72. The van der Waals surface area contributed by atoms with Gasteiger partial charge in [-0.1, -0.05) is 0 Å². The maximum Gasteiger partial charge on any atom is 0.335 e. The van der Waals surface area contributed by atoms with Gasteiger partial charge in [0.15, 0.2) is 5.58 Å². The minimum absolute atomic E-state index is 0.176. The first-order valence-corrected chi connectivity index (χ1v) is 5.13. The molecule has 0 unspecified atom stereocenters. The lowest BCUT2D eigenvalue weighted by atomic mass is 10.1. The Balaban J connectivity index is 2.54. The number of aromatic nitrogens is 1. The van der Waals surface area contributed by atoms with Crippen LogP contribution in [0.25, 0.3) is 11.1 Å². The maximum atomic E-state index is 10.8. The van der Waals surface area contributed by atoms with E-state index in [2.05, 4.69) is 4.98 Å². The third kappa shape index (κ3) is 2.01. The monoisotopic (exact) mass is 235 g/mol. The summed E-state index contributed by atoms with van der Waals surface area (Å²) in [6, 6.07) is 4.58. The van der Waals surface area contributed by atoms with E-state index in [0.717, 1.165) is 0 Å². The van der Waals surface area contributed by atoms with Gasteiger partial charge in [0.1, 0.15) is 11.1 Å². The molecule has 1 aromatic carbocycles. The molecule has 1 N–H and O–H groups in total. The van der Waals surface area contributed by atoms with Crippen LogP contribution in [0.15, 0.2) is 22.6 Å². The Morgan fingerprint density at radius 3 is 2.76 bits per heavy atom. The number of nitrogens with zero attached hydrogens (tertiary/aromatic N) is 1. The summed E-state index contributed by atoms with van der Waals surface area (Å²) in [5.41, 5.74) is 0.609. The number of rotatable bonds is 3. The maximum absolute atomic E-state index is 10.8. The van der Waals surface area contributed by atoms with E-state index in [-0.39, 0.29) is 5.56 Å². The van der Waals surface area contributed by atoms with Crippen LogP contribution in [0.1, 0.15) is 30.1 Å². The van der Waals surface area contributed by atoms with Crippen LogP contribution >= 0.6 is 0 Å². The Bertz CT molecular complexity index is 571. The van der Waals surface area contributed by atoms with Crippen molar-refractivity contribution in [3.63, 3.8) is 0 Å². The van der Waals surface area contributed by atoms with E-state index >= 15 is 0 Å². The van der Waals surface area contributed by atoms with Crippen LogP contribution in [0, 0.1) is 0 Å². The molecule has 2 rings (SSSR count). The van der Waals surface area contributed by atoms with Gasteiger partial charge in [0, 0.05) is 7.11 Å². The Kier molecular flexibility index (Phi) is 2.63. The van der Waals surface area contributed by atoms with Crippen molar-refractivity contribution in [1.82, 2.24) is 4.98 Å². The molecule has 0 aliphatic rings. The van der Waals surface area contributed by atoms with Crippen LogP contribution in [-0.4, -0.2) is 23.2 Å². The zero-order valence-electron chi connectivity index (χ0n) is 9.85. The summed E-state index contributed by atoms with van der Waals surface area (Å²) in [5, 5.41) is 8.87. The van der Waals surface area contributed by atoms with Crippen molar-refractivity contribution in [3.8, 4) is 0 Å². The van der Waals surface area contributed by atoms with Crippen molar-refractivity contribution in [2.24, 2.45) is 0 Å². The van der Waals surface area contributed by atoms with Crippen molar-refractivity contribution in [2.45, 2.75) is 19.4 Å². The molecule has 5 heteroatoms. The second kappa shape index (κ2) is 3.85. The standard InChI is InChI=1S/C12H13NO4/c1-12(2,16-3)11-13-8-5-4-7(10(14)15)6-9(8)17-11/h4-6H,1-3H3,(H,14,15). The van der Waals surface area contributed by atoms with Gasteiger partial charge in [-0.15, -0.1) is 0 Å². The number of methoxy groups -OCH3 is 1. The number of benzene rings is 1. The van der Waals surface area contributed by atoms with Crippen LogP contribution < -0.4 is 0 Å². The van der Waals surface area contributed by atoms with E-state index in [0.29, 0.717) is 17.0 Å². The molecule has 0 atom stereocenters. The second-order valence-corrected chi connectivity index (χ2v) is 4.22. The summed E-state index contributed by atoms with van der Waals surface area (Å²) in [6.45, 7) is 3.66. The third-order valence-electron chi connectivity index (χ3n) is 2.66. The highest BCUT2D eigenvalue weighted by molar-refractivity contribution is 5.91. The van der Waals surface area contributed by atoms with Crippen LogP contribution in [0.5, 0.6) is 0 Å². The second-order valence-electron chi connectivity index (χ2n) is 4.22. The lowest BCUT2D eigenvalue weighted by molar-refractivity contribution is -0.00241. The van der Waals surface area contributed by atoms with E-state index < -0.39 is 11.6 Å². The molecule has 5 nitrogen and oxygen atoms in total. The van der Waals surface area contributed by atoms with Gasteiger partial charge in [0.25, 0.3) is 0 Å². The van der Waals surface area contributed by atoms with Gasteiger partial charge in [0.05, 0.1) is 5.56 Å². The van der Waals surface area contributed by atoms with Crippen LogP contribution in [0.2, 0.25) is 0 Å². The number of hydrogen-bond acceptors (Lipinski definition) is 4. The molecule has 2 aromatic rings. The molecular weight excluding hydrogens is 222 g/mol. The molecule has 17 heavy (non-hydrogen) atoms. The highest BCUT2D eigenvalue weighted by atomic mass is 16.5. The minimum Gasteiger partial charge on any atom is -0.478 e. The van der Waals surface area contributed by atoms with E-state index in [1.807, 2.05) is 13.8 Å². The first-order chi connectivity index (χ1) is 7.94. The van der Waals surface area contributed by atoms with Gasteiger partial charge < -0.3 is 14.3 Å². The molecule has 0 saturated heterocycles. The molecule has 0 radical (unpaired) electrons. The molecule has 0 bridgehead atoms. The lowest BCUT2D eigenvalue weighted by Crippen LogP contribution is -2.19. The van der Waals surface area contributed by atoms with Crippen LogP contribution in [-0.2, 0) is 10.3 Å². The van der Waals surface area contributed by atoms with Gasteiger partial charge in [-0.2, -0.15) is 0 Å². The highest BCUT2D eigenvalue weighted by Crippen LogP contribution is 2.27. The van der Waals surface area contributed by atoms with E-state index in [4.69, 9.17) is 14.3 Å². The molecule has 0 amide bonds. The molecule has 0 aliphatic carbocycles. The summed E-state index contributed by atoms with van der Waals surface area (Å²) in [7, 11) is 1.57. The number of aromatic carboxylic acids is 1. The van der Waals surface area contributed by atoms with Crippen molar-refractivity contribution in [3.05, 3.63) is 29.7 Å². The summed E-state index contributed by atoms with van der Waals surface area (Å²) in [6.07, 6.45) is 0. The number of carboxylic acids is 1. The Morgan fingerprint density at radius 2 is 2.18 bits per heavy atom. The van der Waals surface area contributed by atoms with Crippen molar-refractivity contribution >= 4 is 17.1 Å². The number of carboxylic acid groups (broad SMARTS) is 1. The Morgan fingerprint density at radius 1 is 1.47 bits per heavy atom. The molecule has 90 valence electrons. The minimum atomic E-state index is -0.990. The quantitative estimate of drug-likeness (QED) is 0.884. The van der Waals surface area contributed by atoms with Gasteiger partial charge in [-0.05, 0) is 32.0 Å². The highest BCUT2D eigenvalue weighted by Gasteiger charge is 2.26. The van der Waals surface area contributed by atoms with Crippen LogP contribution in [0.3, 0.4) is 0 Å². The number of ether oxygens (including phenoxy) is 1. The molecule has 0 spiro atoms. The van der Waals surface area contributed by atoms with E-state index in [1.54, 1.807) is 13.2 Å². The fourth-order valence-corrected chi connectivity index (χ4v) is 1.40. The van der Waals surface area contributed by atoms with Crippen molar-refractivity contribution in [2.75, 3.05) is 7.11 Å². The summed E-state index contributed by atoms with van der Waals surface area (Å²) in [5.74, 6) is -0.562. The molecular formula is C12H13NO4. The third-order valence-corrected chi connectivity index (χ3v) is 2.66. The SMILES string of the molecule is COC(C)(C)c1nc2ccc(C(=O)O)cc2o1. The zero-order chi connectivity index (χ0) is 12.6. The van der Waals surface area contributed by atoms with E-state index in [1.165, 1.54) is 12.1 Å². The number of fused-ring (bicyclic) bond motifs is 1. The van der Waals surface area contributed by atoms with Gasteiger partial charge in [-0.3, -0.25) is 0 Å². The van der Waals surface area contributed by atoms with Crippen molar-refractivity contribution in [1.29, 1.82) is 0 Å². The van der Waals surface area contributed by atoms with Crippen molar-refractivity contribution < 1.29 is 19.1 Å². The molecule has 1 aromatic heterocycles. The largest absolute Gasteiger partial charge is 0.478 e. The van der Waals surface area contributed by atoms with Crippen LogP contribution in [0.4, 0.5) is 0 Å². The Labute approximate surface area is 98.0 Å². The van der Waals surface area contributed by atoms with Gasteiger partial charge in [-0.25, -0.2) is 9.78 Å². The van der Waals surface area contributed by atoms with Gasteiger partial charge >= 0.3 is 5.97 Å². The normalized spacial score (nSPS) is 11.9. The predicted molar refractivity (Wildman–Crippen MR) is 61.0 cm³/mol. The summed E-state index contributed by atoms with van der Waals surface area (Å²) < 4.78 is 10.8. The number of oxazole rings is 1. The Hall–Kier alpha value is -1.88. The fraction of sp³-hybridized carbons (Fsp3) is 0.333. The molecule has 1 heterocycles. The molecule has 0 saturated carbocycles. The van der Waals surface area contributed by atoms with Gasteiger partial charge in [0.2, 0.25) is 5.89 Å². The summed E-state index contributed by atoms with van der Waals surface area (Å²) >= 11 is 0. The number of hydrogen-bond donors (Lipinski definition) is 1. The number of carbonyl (C=O) groups is 1.